The van der Waals surface area contributed by atoms with Gasteiger partial charge in [-0.1, -0.05) is 0 Å². The lowest BCUT2D eigenvalue weighted by Crippen LogP contribution is -2.42. The Labute approximate surface area is 118 Å². The second kappa shape index (κ2) is 5.30. The predicted molar refractivity (Wildman–Crippen MR) is 65.8 cm³/mol. The number of alkyl halides is 2. The number of hydrogen-bond donors (Lipinski definition) is 2. The van der Waals surface area contributed by atoms with E-state index < -0.39 is 23.7 Å². The van der Waals surface area contributed by atoms with Crippen molar-refractivity contribution in [3.05, 3.63) is 17.0 Å². The van der Waals surface area contributed by atoms with Crippen molar-refractivity contribution in [1.82, 2.24) is 15.1 Å². The van der Waals surface area contributed by atoms with E-state index in [1.807, 2.05) is 0 Å². The Morgan fingerprint density at radius 3 is 2.81 bits per heavy atom. The number of carboxylic acid groups (broad SMARTS) is 1. The van der Waals surface area contributed by atoms with Crippen molar-refractivity contribution in [3.63, 3.8) is 0 Å². The number of halogens is 2. The molecule has 2 rings (SSSR count). The quantitative estimate of drug-likeness (QED) is 0.825. The lowest BCUT2D eigenvalue weighted by atomic mass is 9.98. The number of hydrogen-bond acceptors (Lipinski definition) is 4. The third kappa shape index (κ3) is 2.55. The van der Waals surface area contributed by atoms with Crippen molar-refractivity contribution in [2.45, 2.75) is 38.8 Å². The molecule has 2 N–H and O–H groups in total. The monoisotopic (exact) mass is 303 g/mol. The van der Waals surface area contributed by atoms with Gasteiger partial charge in [0.1, 0.15) is 5.69 Å². The van der Waals surface area contributed by atoms with Crippen LogP contribution in [-0.2, 0) is 28.4 Å². The molecule has 1 amide bonds. The van der Waals surface area contributed by atoms with Gasteiger partial charge in [0.2, 0.25) is 0 Å². The first-order valence-corrected chi connectivity index (χ1v) is 6.40. The number of H-pyrrole nitrogens is 1. The summed E-state index contributed by atoms with van der Waals surface area (Å²) in [6, 6.07) is -0.362. The number of fused-ring (bicyclic) bond motifs is 1. The van der Waals surface area contributed by atoms with E-state index in [0.717, 1.165) is 4.90 Å². The van der Waals surface area contributed by atoms with Gasteiger partial charge >= 0.3 is 18.0 Å². The van der Waals surface area contributed by atoms with Gasteiger partial charge in [0.25, 0.3) is 0 Å². The van der Waals surface area contributed by atoms with Crippen molar-refractivity contribution < 1.29 is 28.2 Å². The van der Waals surface area contributed by atoms with Crippen LogP contribution in [0.3, 0.4) is 0 Å². The van der Waals surface area contributed by atoms with Crippen LogP contribution in [0.2, 0.25) is 0 Å². The zero-order valence-electron chi connectivity index (χ0n) is 11.5. The molecule has 21 heavy (non-hydrogen) atoms. The lowest BCUT2D eigenvalue weighted by molar-refractivity contribution is -0.173. The number of nitrogens with one attached hydrogen (secondary N) is 1. The number of rotatable bonds is 3. The largest absolute Gasteiger partial charge is 0.465 e. The van der Waals surface area contributed by atoms with Crippen LogP contribution in [0, 0.1) is 0 Å². The number of ether oxygens (including phenoxy) is 1. The normalized spacial score (nSPS) is 18.3. The Hall–Kier alpha value is -2.19. The Bertz CT molecular complexity index is 573. The summed E-state index contributed by atoms with van der Waals surface area (Å²) in [5.41, 5.74) is -0.318. The van der Waals surface area contributed by atoms with Gasteiger partial charge in [-0.25, -0.2) is 9.59 Å². The van der Waals surface area contributed by atoms with Crippen molar-refractivity contribution in [2.24, 2.45) is 0 Å². The smallest absolute Gasteiger partial charge is 0.407 e. The minimum Gasteiger partial charge on any atom is -0.465 e. The van der Waals surface area contributed by atoms with Gasteiger partial charge in [0.15, 0.2) is 0 Å². The maximum absolute atomic E-state index is 14.1. The fourth-order valence-corrected chi connectivity index (χ4v) is 2.31. The molecule has 0 saturated carbocycles. The summed E-state index contributed by atoms with van der Waals surface area (Å²) < 4.78 is 32.5. The molecule has 0 aliphatic carbocycles. The summed E-state index contributed by atoms with van der Waals surface area (Å²) in [5.74, 6) is -5.61. The molecule has 0 saturated heterocycles. The molecule has 0 aromatic carbocycles. The minimum atomic E-state index is -3.91. The van der Waals surface area contributed by atoms with Crippen molar-refractivity contribution in [2.75, 3.05) is 6.61 Å². The molecule has 0 spiro atoms. The first-order valence-electron chi connectivity index (χ1n) is 6.40. The van der Waals surface area contributed by atoms with Crippen LogP contribution in [0.4, 0.5) is 13.6 Å². The zero-order valence-corrected chi connectivity index (χ0v) is 11.5. The van der Waals surface area contributed by atoms with E-state index in [2.05, 4.69) is 14.9 Å². The molecule has 0 unspecified atom stereocenters. The molecule has 7 nitrogen and oxygen atoms in total. The van der Waals surface area contributed by atoms with Crippen molar-refractivity contribution >= 4 is 12.1 Å². The van der Waals surface area contributed by atoms with Gasteiger partial charge in [-0.2, -0.15) is 13.9 Å². The Morgan fingerprint density at radius 1 is 1.57 bits per heavy atom. The topological polar surface area (TPSA) is 95.5 Å². The van der Waals surface area contributed by atoms with Gasteiger partial charge in [0, 0.05) is 23.7 Å². The summed E-state index contributed by atoms with van der Waals surface area (Å²) >= 11 is 0. The van der Waals surface area contributed by atoms with E-state index in [4.69, 9.17) is 5.11 Å². The molecule has 116 valence electrons. The van der Waals surface area contributed by atoms with E-state index in [9.17, 15) is 18.4 Å². The summed E-state index contributed by atoms with van der Waals surface area (Å²) in [5, 5.41) is 15.0. The van der Waals surface area contributed by atoms with Crippen LogP contribution < -0.4 is 0 Å². The highest BCUT2D eigenvalue weighted by Crippen LogP contribution is 2.35. The van der Waals surface area contributed by atoms with Gasteiger partial charge in [-0.05, 0) is 13.8 Å². The summed E-state index contributed by atoms with van der Waals surface area (Å²) in [6.07, 6.45) is -0.979. The predicted octanol–water partition coefficient (Wildman–Crippen LogP) is 1.49. The molecule has 0 bridgehead atoms. The first kappa shape index (κ1) is 15.2. The highest BCUT2D eigenvalue weighted by Gasteiger charge is 2.48. The molecule has 1 aromatic rings. The lowest BCUT2D eigenvalue weighted by Gasteiger charge is -2.31. The molecular formula is C12H15F2N3O4. The Morgan fingerprint density at radius 2 is 2.24 bits per heavy atom. The Kier molecular flexibility index (Phi) is 3.84. The third-order valence-electron chi connectivity index (χ3n) is 3.39. The summed E-state index contributed by atoms with van der Waals surface area (Å²) in [4.78, 5) is 23.5. The highest BCUT2D eigenvalue weighted by atomic mass is 19.3. The molecule has 0 fully saturated rings. The van der Waals surface area contributed by atoms with E-state index in [1.54, 1.807) is 6.92 Å². The van der Waals surface area contributed by atoms with E-state index >= 15 is 0 Å². The number of aromatic nitrogens is 2. The molecule has 2 heterocycles. The zero-order chi connectivity index (χ0) is 15.8. The van der Waals surface area contributed by atoms with Crippen molar-refractivity contribution in [3.8, 4) is 0 Å². The number of carbonyl (C=O) groups is 2. The molecule has 1 atom stereocenters. The van der Waals surface area contributed by atoms with E-state index in [1.165, 1.54) is 6.92 Å². The van der Waals surface area contributed by atoms with Crippen molar-refractivity contribution in [1.29, 1.82) is 0 Å². The molecule has 1 aliphatic heterocycles. The first-order chi connectivity index (χ1) is 9.78. The van der Waals surface area contributed by atoms with Gasteiger partial charge in [-0.3, -0.25) is 5.10 Å². The second-order valence-electron chi connectivity index (χ2n) is 4.79. The standard InChI is InChI=1S/C12H15F2N3O4/c1-3-21-10(18)12(13,14)9-7-5-17(11(19)20)6(2)4-8(7)15-16-9/h6H,3-5H2,1-2H3,(H,15,16)(H,19,20)/t6-/m1/s1. The minimum absolute atomic E-state index is 0.0357. The SMILES string of the molecule is CCOC(=O)C(F)(F)c1n[nH]c2c1CN(C(=O)O)[C@H](C)C2. The fraction of sp³-hybridized carbons (Fsp3) is 0.583. The molecule has 1 aliphatic rings. The average molecular weight is 303 g/mol. The number of aromatic amines is 1. The van der Waals surface area contributed by atoms with Gasteiger partial charge in [0.05, 0.1) is 13.2 Å². The van der Waals surface area contributed by atoms with Crippen LogP contribution in [-0.4, -0.2) is 44.9 Å². The van der Waals surface area contributed by atoms with Crippen LogP contribution in [0.5, 0.6) is 0 Å². The van der Waals surface area contributed by atoms with E-state index in [0.29, 0.717) is 5.69 Å². The summed E-state index contributed by atoms with van der Waals surface area (Å²) in [6.45, 7) is 2.66. The van der Waals surface area contributed by atoms with Crippen LogP contribution >= 0.6 is 0 Å². The van der Waals surface area contributed by atoms with Gasteiger partial charge < -0.3 is 14.7 Å². The molecule has 0 radical (unpaired) electrons. The highest BCUT2D eigenvalue weighted by molar-refractivity contribution is 5.79. The average Bonchev–Trinajstić information content (AvgIpc) is 2.80. The maximum Gasteiger partial charge on any atom is 0.407 e. The number of nitrogens with zero attached hydrogens (tertiary/aromatic N) is 2. The van der Waals surface area contributed by atoms with Gasteiger partial charge in [-0.15, -0.1) is 0 Å². The maximum atomic E-state index is 14.1. The molecular weight excluding hydrogens is 288 g/mol. The number of amides is 1. The van der Waals surface area contributed by atoms with Crippen LogP contribution in [0.25, 0.3) is 0 Å². The summed E-state index contributed by atoms with van der Waals surface area (Å²) in [7, 11) is 0. The molecule has 1 aromatic heterocycles. The Balaban J connectivity index is 2.38. The third-order valence-corrected chi connectivity index (χ3v) is 3.39. The number of esters is 1. The molecule has 9 heteroatoms. The van der Waals surface area contributed by atoms with Crippen LogP contribution in [0.15, 0.2) is 0 Å². The second-order valence-corrected chi connectivity index (χ2v) is 4.79. The fourth-order valence-electron chi connectivity index (χ4n) is 2.31. The van der Waals surface area contributed by atoms with Crippen LogP contribution in [0.1, 0.15) is 30.8 Å². The number of carbonyl (C=O) groups excluding carboxylic acids is 1. The van der Waals surface area contributed by atoms with E-state index in [-0.39, 0.29) is 31.2 Å².